The topological polar surface area (TPSA) is 92.4 Å². The second-order valence-corrected chi connectivity index (χ2v) is 2.33. The van der Waals surface area contributed by atoms with Crippen molar-refractivity contribution >= 4 is 11.9 Å². The van der Waals surface area contributed by atoms with Gasteiger partial charge in [-0.1, -0.05) is 5.16 Å². The molecule has 0 unspecified atom stereocenters. The molecule has 0 aliphatic heterocycles. The van der Waals surface area contributed by atoms with Gasteiger partial charge >= 0.3 is 5.97 Å². The number of carboxylic acid groups (broad SMARTS) is 1. The summed E-state index contributed by atoms with van der Waals surface area (Å²) in [7, 11) is 0. The molecule has 0 aliphatic carbocycles. The highest BCUT2D eigenvalue weighted by atomic mass is 16.5. The molecular formula is C7H8N2O4. The molecule has 0 spiro atoms. The highest BCUT2D eigenvalue weighted by Crippen LogP contribution is 1.94. The van der Waals surface area contributed by atoms with Crippen LogP contribution in [0.4, 0.5) is 0 Å². The summed E-state index contributed by atoms with van der Waals surface area (Å²) >= 11 is 0. The molecule has 0 atom stereocenters. The average Bonchev–Trinajstić information content (AvgIpc) is 2.51. The van der Waals surface area contributed by atoms with Crippen LogP contribution >= 0.6 is 0 Å². The first-order valence-electron chi connectivity index (χ1n) is 3.56. The molecule has 0 saturated carbocycles. The van der Waals surface area contributed by atoms with Crippen molar-refractivity contribution in [2.45, 2.75) is 13.0 Å². The lowest BCUT2D eigenvalue weighted by Crippen LogP contribution is -2.24. The van der Waals surface area contributed by atoms with Gasteiger partial charge in [0, 0.05) is 6.07 Å². The Bertz CT molecular complexity index is 293. The molecular weight excluding hydrogens is 176 g/mol. The van der Waals surface area contributed by atoms with E-state index in [1.165, 1.54) is 6.20 Å². The highest BCUT2D eigenvalue weighted by molar-refractivity contribution is 5.93. The SMILES string of the molecule is O=C(O)CC(=O)NCc1ccno1. The van der Waals surface area contributed by atoms with Crippen LogP contribution in [0.15, 0.2) is 16.8 Å². The molecule has 1 aromatic rings. The van der Waals surface area contributed by atoms with Crippen LogP contribution in [0, 0.1) is 0 Å². The molecule has 2 N–H and O–H groups in total. The zero-order valence-electron chi connectivity index (χ0n) is 6.69. The lowest BCUT2D eigenvalue weighted by atomic mass is 10.4. The zero-order valence-corrected chi connectivity index (χ0v) is 6.69. The van der Waals surface area contributed by atoms with Gasteiger partial charge in [0.1, 0.15) is 6.42 Å². The molecule has 1 heterocycles. The summed E-state index contributed by atoms with van der Waals surface area (Å²) in [5.74, 6) is -1.22. The van der Waals surface area contributed by atoms with Crippen LogP contribution in [-0.4, -0.2) is 22.1 Å². The molecule has 1 amide bonds. The number of carbonyl (C=O) groups is 2. The fourth-order valence-corrected chi connectivity index (χ4v) is 0.719. The Kier molecular flexibility index (Phi) is 3.02. The third kappa shape index (κ3) is 3.37. The van der Waals surface area contributed by atoms with Gasteiger partial charge < -0.3 is 14.9 Å². The van der Waals surface area contributed by atoms with Gasteiger partial charge in [0.2, 0.25) is 5.91 Å². The molecule has 13 heavy (non-hydrogen) atoms. The molecule has 6 heteroatoms. The van der Waals surface area contributed by atoms with Crippen LogP contribution in [0.1, 0.15) is 12.2 Å². The minimum atomic E-state index is -1.16. The summed E-state index contributed by atoms with van der Waals surface area (Å²) in [4.78, 5) is 20.9. The summed E-state index contributed by atoms with van der Waals surface area (Å²) in [6, 6.07) is 1.58. The molecule has 0 bridgehead atoms. The van der Waals surface area contributed by atoms with Gasteiger partial charge in [0.25, 0.3) is 0 Å². The highest BCUT2D eigenvalue weighted by Gasteiger charge is 2.07. The first kappa shape index (κ1) is 9.24. The summed E-state index contributed by atoms with van der Waals surface area (Å²) in [5, 5.41) is 14.0. The van der Waals surface area contributed by atoms with Crippen molar-refractivity contribution in [3.63, 3.8) is 0 Å². The number of carbonyl (C=O) groups excluding carboxylic acids is 1. The van der Waals surface area contributed by atoms with Gasteiger partial charge in [0.05, 0.1) is 12.7 Å². The fourth-order valence-electron chi connectivity index (χ4n) is 0.719. The maximum atomic E-state index is 10.8. The van der Waals surface area contributed by atoms with Gasteiger partial charge in [-0.2, -0.15) is 0 Å². The van der Waals surface area contributed by atoms with Crippen molar-refractivity contribution in [2.24, 2.45) is 0 Å². The number of nitrogens with one attached hydrogen (secondary N) is 1. The first-order valence-corrected chi connectivity index (χ1v) is 3.56. The first-order chi connectivity index (χ1) is 6.18. The second-order valence-electron chi connectivity index (χ2n) is 2.33. The number of carboxylic acids is 1. The van der Waals surface area contributed by atoms with Crippen molar-refractivity contribution in [2.75, 3.05) is 0 Å². The third-order valence-corrected chi connectivity index (χ3v) is 1.26. The van der Waals surface area contributed by atoms with Gasteiger partial charge in [-0.05, 0) is 0 Å². The van der Waals surface area contributed by atoms with Crippen molar-refractivity contribution in [3.05, 3.63) is 18.0 Å². The van der Waals surface area contributed by atoms with E-state index < -0.39 is 18.3 Å². The number of hydrogen-bond acceptors (Lipinski definition) is 4. The average molecular weight is 184 g/mol. The Morgan fingerprint density at radius 1 is 1.62 bits per heavy atom. The predicted octanol–water partition coefficient (Wildman–Crippen LogP) is -0.235. The van der Waals surface area contributed by atoms with E-state index in [2.05, 4.69) is 15.0 Å². The second kappa shape index (κ2) is 4.24. The lowest BCUT2D eigenvalue weighted by molar-refractivity contribution is -0.140. The number of hydrogen-bond donors (Lipinski definition) is 2. The zero-order chi connectivity index (χ0) is 9.68. The molecule has 6 nitrogen and oxygen atoms in total. The fraction of sp³-hybridized carbons (Fsp3) is 0.286. The van der Waals surface area contributed by atoms with E-state index >= 15 is 0 Å². The smallest absolute Gasteiger partial charge is 0.312 e. The number of nitrogens with zero attached hydrogens (tertiary/aromatic N) is 1. The normalized spacial score (nSPS) is 9.54. The maximum Gasteiger partial charge on any atom is 0.312 e. The Hall–Kier alpha value is -1.85. The van der Waals surface area contributed by atoms with E-state index in [0.717, 1.165) is 0 Å². The molecule has 0 aromatic carbocycles. The summed E-state index contributed by atoms with van der Waals surface area (Å²) in [6.45, 7) is 0.159. The molecule has 0 radical (unpaired) electrons. The van der Waals surface area contributed by atoms with Gasteiger partial charge in [-0.15, -0.1) is 0 Å². The van der Waals surface area contributed by atoms with E-state index in [9.17, 15) is 9.59 Å². The quantitative estimate of drug-likeness (QED) is 0.630. The largest absolute Gasteiger partial charge is 0.481 e. The number of aliphatic carboxylic acids is 1. The minimum absolute atomic E-state index is 0.159. The van der Waals surface area contributed by atoms with E-state index in [-0.39, 0.29) is 6.54 Å². The van der Waals surface area contributed by atoms with Crippen LogP contribution in [0.25, 0.3) is 0 Å². The molecule has 0 aliphatic rings. The van der Waals surface area contributed by atoms with E-state index in [0.29, 0.717) is 5.76 Å². The molecule has 70 valence electrons. The van der Waals surface area contributed by atoms with Gasteiger partial charge in [-0.3, -0.25) is 9.59 Å². The third-order valence-electron chi connectivity index (χ3n) is 1.26. The minimum Gasteiger partial charge on any atom is -0.481 e. The monoisotopic (exact) mass is 184 g/mol. The van der Waals surface area contributed by atoms with Gasteiger partial charge in [-0.25, -0.2) is 0 Å². The van der Waals surface area contributed by atoms with Gasteiger partial charge in [0.15, 0.2) is 5.76 Å². The van der Waals surface area contributed by atoms with Crippen LogP contribution in [0.2, 0.25) is 0 Å². The van der Waals surface area contributed by atoms with Crippen LogP contribution in [0.5, 0.6) is 0 Å². The van der Waals surface area contributed by atoms with Crippen LogP contribution < -0.4 is 5.32 Å². The van der Waals surface area contributed by atoms with Crippen molar-refractivity contribution < 1.29 is 19.2 Å². The number of amides is 1. The van der Waals surface area contributed by atoms with E-state index in [1.807, 2.05) is 0 Å². The molecule has 1 aromatic heterocycles. The van der Waals surface area contributed by atoms with Crippen molar-refractivity contribution in [3.8, 4) is 0 Å². The Labute approximate surface area is 73.5 Å². The molecule has 1 rings (SSSR count). The van der Waals surface area contributed by atoms with Crippen molar-refractivity contribution in [1.82, 2.24) is 10.5 Å². The maximum absolute atomic E-state index is 10.8. The lowest BCUT2D eigenvalue weighted by Gasteiger charge is -1.98. The summed E-state index contributed by atoms with van der Waals surface area (Å²) in [6.07, 6.45) is 0.910. The summed E-state index contributed by atoms with van der Waals surface area (Å²) in [5.41, 5.74) is 0. The summed E-state index contributed by atoms with van der Waals surface area (Å²) < 4.78 is 4.68. The Morgan fingerprint density at radius 3 is 2.92 bits per heavy atom. The van der Waals surface area contributed by atoms with Crippen LogP contribution in [-0.2, 0) is 16.1 Å². The van der Waals surface area contributed by atoms with E-state index in [1.54, 1.807) is 6.07 Å². The molecule has 0 fully saturated rings. The number of rotatable bonds is 4. The molecule has 0 saturated heterocycles. The van der Waals surface area contributed by atoms with Crippen molar-refractivity contribution in [1.29, 1.82) is 0 Å². The number of aromatic nitrogens is 1. The Balaban J connectivity index is 2.27. The predicted molar refractivity (Wildman–Crippen MR) is 40.6 cm³/mol. The standard InChI is InChI=1S/C7H8N2O4/c10-6(3-7(11)12)8-4-5-1-2-9-13-5/h1-2H,3-4H2,(H,8,10)(H,11,12). The Morgan fingerprint density at radius 2 is 2.38 bits per heavy atom. The van der Waals surface area contributed by atoms with Crippen LogP contribution in [0.3, 0.4) is 0 Å². The van der Waals surface area contributed by atoms with E-state index in [4.69, 9.17) is 5.11 Å².